The molecule has 84 valence electrons. The van der Waals surface area contributed by atoms with Crippen LogP contribution < -0.4 is 10.5 Å². The Balaban J connectivity index is 2.65. The van der Waals surface area contributed by atoms with Crippen molar-refractivity contribution >= 4 is 0 Å². The van der Waals surface area contributed by atoms with Crippen LogP contribution in [0.25, 0.3) is 0 Å². The van der Waals surface area contributed by atoms with E-state index < -0.39 is 6.10 Å². The number of aliphatic hydroxyl groups is 1. The Bertz CT molecular complexity index is 299. The first kappa shape index (κ1) is 12.0. The van der Waals surface area contributed by atoms with Gasteiger partial charge in [-0.2, -0.15) is 0 Å². The average Bonchev–Trinajstić information content (AvgIpc) is 2.25. The number of benzene rings is 1. The quantitative estimate of drug-likeness (QED) is 0.776. The van der Waals surface area contributed by atoms with Crippen LogP contribution in [0, 0.1) is 5.92 Å². The molecule has 0 aliphatic rings. The third-order valence-electron chi connectivity index (χ3n) is 2.05. The highest BCUT2D eigenvalue weighted by molar-refractivity contribution is 5.30. The van der Waals surface area contributed by atoms with E-state index in [0.717, 1.165) is 11.3 Å². The molecule has 3 N–H and O–H groups in total. The first-order chi connectivity index (χ1) is 7.13. The summed E-state index contributed by atoms with van der Waals surface area (Å²) in [6.07, 6.45) is -0.604. The molecule has 0 radical (unpaired) electrons. The van der Waals surface area contributed by atoms with Crippen LogP contribution in [0.15, 0.2) is 24.3 Å². The van der Waals surface area contributed by atoms with Crippen molar-refractivity contribution in [1.29, 1.82) is 0 Å². The normalized spacial score (nSPS) is 12.9. The maximum absolute atomic E-state index is 9.55. The molecule has 0 aromatic heterocycles. The van der Waals surface area contributed by atoms with Gasteiger partial charge in [-0.1, -0.05) is 26.0 Å². The Labute approximate surface area is 90.9 Å². The summed E-state index contributed by atoms with van der Waals surface area (Å²) in [7, 11) is 0. The largest absolute Gasteiger partial charge is 0.493 e. The second-order valence-electron chi connectivity index (χ2n) is 4.03. The van der Waals surface area contributed by atoms with Gasteiger partial charge in [0.2, 0.25) is 0 Å². The first-order valence-corrected chi connectivity index (χ1v) is 5.24. The molecule has 1 aromatic rings. The molecule has 0 aliphatic heterocycles. The van der Waals surface area contributed by atoms with Crippen LogP contribution in [-0.2, 0) is 0 Å². The zero-order valence-electron chi connectivity index (χ0n) is 9.31. The molecule has 0 spiro atoms. The molecule has 0 amide bonds. The van der Waals surface area contributed by atoms with E-state index in [1.807, 2.05) is 24.3 Å². The van der Waals surface area contributed by atoms with Crippen LogP contribution in [0.2, 0.25) is 0 Å². The lowest BCUT2D eigenvalue weighted by Crippen LogP contribution is -2.11. The number of nitrogens with two attached hydrogens (primary N) is 1. The number of aliphatic hydroxyl groups excluding tert-OH is 1. The summed E-state index contributed by atoms with van der Waals surface area (Å²) in [5.41, 5.74) is 6.19. The molecular formula is C12H19NO2. The minimum absolute atomic E-state index is 0.230. The Morgan fingerprint density at radius 2 is 2.13 bits per heavy atom. The molecular weight excluding hydrogens is 190 g/mol. The minimum atomic E-state index is -0.604. The van der Waals surface area contributed by atoms with E-state index in [2.05, 4.69) is 13.8 Å². The van der Waals surface area contributed by atoms with Crippen molar-refractivity contribution in [1.82, 2.24) is 0 Å². The summed E-state index contributed by atoms with van der Waals surface area (Å²) in [6, 6.07) is 7.43. The molecule has 0 bridgehead atoms. The van der Waals surface area contributed by atoms with E-state index >= 15 is 0 Å². The summed E-state index contributed by atoms with van der Waals surface area (Å²) in [5.74, 6) is 1.28. The Morgan fingerprint density at radius 1 is 1.40 bits per heavy atom. The van der Waals surface area contributed by atoms with Gasteiger partial charge in [0, 0.05) is 6.54 Å². The Hall–Kier alpha value is -1.06. The van der Waals surface area contributed by atoms with Crippen molar-refractivity contribution in [2.45, 2.75) is 20.0 Å². The van der Waals surface area contributed by atoms with Crippen molar-refractivity contribution in [2.24, 2.45) is 11.7 Å². The highest BCUT2D eigenvalue weighted by atomic mass is 16.5. The molecule has 0 saturated heterocycles. The topological polar surface area (TPSA) is 55.5 Å². The molecule has 3 heteroatoms. The fourth-order valence-electron chi connectivity index (χ4n) is 1.21. The molecule has 1 rings (SSSR count). The number of rotatable bonds is 5. The van der Waals surface area contributed by atoms with Gasteiger partial charge in [-0.25, -0.2) is 0 Å². The zero-order valence-corrected chi connectivity index (χ0v) is 9.31. The standard InChI is InChI=1S/C12H19NO2/c1-9(2)8-15-11-5-3-4-10(6-11)12(14)7-13/h3-6,9,12,14H,7-8,13H2,1-2H3. The smallest absolute Gasteiger partial charge is 0.119 e. The number of hydrogen-bond acceptors (Lipinski definition) is 3. The van der Waals surface area contributed by atoms with Crippen LogP contribution in [0.5, 0.6) is 5.75 Å². The van der Waals surface area contributed by atoms with Gasteiger partial charge < -0.3 is 15.6 Å². The summed E-state index contributed by atoms with van der Waals surface area (Å²) >= 11 is 0. The fourth-order valence-corrected chi connectivity index (χ4v) is 1.21. The van der Waals surface area contributed by atoms with Crippen molar-refractivity contribution in [2.75, 3.05) is 13.2 Å². The van der Waals surface area contributed by atoms with Gasteiger partial charge in [0.1, 0.15) is 5.75 Å². The van der Waals surface area contributed by atoms with Gasteiger partial charge in [0.05, 0.1) is 12.7 Å². The van der Waals surface area contributed by atoms with Crippen LogP contribution in [0.1, 0.15) is 25.5 Å². The van der Waals surface area contributed by atoms with Crippen LogP contribution in [-0.4, -0.2) is 18.3 Å². The zero-order chi connectivity index (χ0) is 11.3. The molecule has 1 aromatic carbocycles. The van der Waals surface area contributed by atoms with Crippen LogP contribution in [0.3, 0.4) is 0 Å². The SMILES string of the molecule is CC(C)COc1cccc(C(O)CN)c1. The van der Waals surface area contributed by atoms with Crippen molar-refractivity contribution in [3.63, 3.8) is 0 Å². The average molecular weight is 209 g/mol. The molecule has 0 heterocycles. The number of hydrogen-bond donors (Lipinski definition) is 2. The van der Waals surface area contributed by atoms with E-state index in [0.29, 0.717) is 12.5 Å². The van der Waals surface area contributed by atoms with Gasteiger partial charge in [0.25, 0.3) is 0 Å². The maximum atomic E-state index is 9.55. The van der Waals surface area contributed by atoms with Gasteiger partial charge >= 0.3 is 0 Å². The van der Waals surface area contributed by atoms with Crippen molar-refractivity contribution in [3.8, 4) is 5.75 Å². The summed E-state index contributed by atoms with van der Waals surface area (Å²) in [5, 5.41) is 9.55. The lowest BCUT2D eigenvalue weighted by molar-refractivity contribution is 0.186. The van der Waals surface area contributed by atoms with Gasteiger partial charge in [0.15, 0.2) is 0 Å². The van der Waals surface area contributed by atoms with Crippen molar-refractivity contribution in [3.05, 3.63) is 29.8 Å². The van der Waals surface area contributed by atoms with E-state index in [-0.39, 0.29) is 6.54 Å². The number of ether oxygens (including phenoxy) is 1. The highest BCUT2D eigenvalue weighted by Crippen LogP contribution is 2.19. The molecule has 1 unspecified atom stereocenters. The van der Waals surface area contributed by atoms with Crippen LogP contribution >= 0.6 is 0 Å². The maximum Gasteiger partial charge on any atom is 0.119 e. The second-order valence-corrected chi connectivity index (χ2v) is 4.03. The van der Waals surface area contributed by atoms with Crippen molar-refractivity contribution < 1.29 is 9.84 Å². The summed E-state index contributed by atoms with van der Waals surface area (Å²) in [4.78, 5) is 0. The predicted octanol–water partition coefficient (Wildman–Crippen LogP) is 1.71. The van der Waals surface area contributed by atoms with E-state index in [1.54, 1.807) is 0 Å². The summed E-state index contributed by atoms with van der Waals surface area (Å²) < 4.78 is 5.55. The first-order valence-electron chi connectivity index (χ1n) is 5.24. The third-order valence-corrected chi connectivity index (χ3v) is 2.05. The van der Waals surface area contributed by atoms with Gasteiger partial charge in [-0.05, 0) is 23.6 Å². The highest BCUT2D eigenvalue weighted by Gasteiger charge is 2.06. The lowest BCUT2D eigenvalue weighted by Gasteiger charge is -2.12. The Morgan fingerprint density at radius 3 is 2.73 bits per heavy atom. The van der Waals surface area contributed by atoms with E-state index in [9.17, 15) is 5.11 Å². The van der Waals surface area contributed by atoms with E-state index in [1.165, 1.54) is 0 Å². The van der Waals surface area contributed by atoms with Crippen LogP contribution in [0.4, 0.5) is 0 Å². The predicted molar refractivity (Wildman–Crippen MR) is 60.8 cm³/mol. The van der Waals surface area contributed by atoms with Gasteiger partial charge in [-0.15, -0.1) is 0 Å². The molecule has 3 nitrogen and oxygen atoms in total. The summed E-state index contributed by atoms with van der Waals surface area (Å²) in [6.45, 7) is 5.10. The Kier molecular flexibility index (Phi) is 4.59. The van der Waals surface area contributed by atoms with E-state index in [4.69, 9.17) is 10.5 Å². The molecule has 0 saturated carbocycles. The second kappa shape index (κ2) is 5.73. The van der Waals surface area contributed by atoms with Gasteiger partial charge in [-0.3, -0.25) is 0 Å². The lowest BCUT2D eigenvalue weighted by atomic mass is 10.1. The minimum Gasteiger partial charge on any atom is -0.493 e. The molecule has 0 aliphatic carbocycles. The monoisotopic (exact) mass is 209 g/mol. The molecule has 1 atom stereocenters. The molecule has 15 heavy (non-hydrogen) atoms. The fraction of sp³-hybridized carbons (Fsp3) is 0.500. The third kappa shape index (κ3) is 3.90. The molecule has 0 fully saturated rings.